The Morgan fingerprint density at radius 2 is 2.56 bits per heavy atom. The summed E-state index contributed by atoms with van der Waals surface area (Å²) in [6, 6.07) is 0. The van der Waals surface area contributed by atoms with Gasteiger partial charge in [0, 0.05) is 5.88 Å². The lowest BCUT2D eigenvalue weighted by atomic mass is 10.3. The molecule has 1 rings (SSSR count). The van der Waals surface area contributed by atoms with E-state index in [0.717, 1.165) is 0 Å². The van der Waals surface area contributed by atoms with E-state index in [1.807, 2.05) is 0 Å². The van der Waals surface area contributed by atoms with Crippen LogP contribution in [0.2, 0.25) is 0 Å². The minimum Gasteiger partial charge on any atom is -0.569 e. The maximum atomic E-state index is 8.21. The fourth-order valence-electron chi connectivity index (χ4n) is 0.337. The summed E-state index contributed by atoms with van der Waals surface area (Å²) in [5.74, 6) is 0.176. The van der Waals surface area contributed by atoms with E-state index in [2.05, 4.69) is 15.1 Å². The Morgan fingerprint density at radius 1 is 1.78 bits per heavy atom. The second-order valence-electron chi connectivity index (χ2n) is 1.22. The molecule has 0 aromatic carbocycles. The average Bonchev–Trinajstić information content (AvgIpc) is 2.15. The summed E-state index contributed by atoms with van der Waals surface area (Å²) in [4.78, 5) is 3.51. The molecule has 9 heavy (non-hydrogen) atoms. The molecule has 0 fully saturated rings. The second-order valence-corrected chi connectivity index (χ2v) is 1.88. The van der Waals surface area contributed by atoms with Crippen LogP contribution in [0.1, 0.15) is 0 Å². The van der Waals surface area contributed by atoms with Crippen LogP contribution in [0.4, 0.5) is 0 Å². The van der Waals surface area contributed by atoms with Gasteiger partial charge >= 0.3 is 7.32 Å². The number of rotatable bonds is 2. The summed E-state index contributed by atoms with van der Waals surface area (Å²) >= 11 is 1.20. The predicted molar refractivity (Wildman–Crippen MR) is 31.8 cm³/mol. The zero-order valence-electron chi connectivity index (χ0n) is 4.31. The summed E-state index contributed by atoms with van der Waals surface area (Å²) in [6.45, 7) is 0. The van der Waals surface area contributed by atoms with E-state index in [0.29, 0.717) is 0 Å². The summed E-state index contributed by atoms with van der Waals surface area (Å²) < 4.78 is 4.33. The largest absolute Gasteiger partial charge is 0.695 e. The number of aromatic nitrogens is 1. The molecule has 1 heterocycles. The molecule has 4 nitrogen and oxygen atoms in total. The van der Waals surface area contributed by atoms with E-state index in [4.69, 9.17) is 10.0 Å². The molecule has 0 aliphatic rings. The van der Waals surface area contributed by atoms with Crippen molar-refractivity contribution in [2.45, 2.75) is 0 Å². The van der Waals surface area contributed by atoms with Gasteiger partial charge in [0.15, 0.2) is 0 Å². The minimum absolute atomic E-state index is 0.176. The highest BCUT2D eigenvalue weighted by molar-refractivity contribution is 7.07. The van der Waals surface area contributed by atoms with Crippen molar-refractivity contribution in [3.63, 3.8) is 0 Å². The van der Waals surface area contributed by atoms with E-state index in [1.54, 1.807) is 0 Å². The molecule has 0 saturated heterocycles. The Bertz CT molecular complexity index is 166. The van der Waals surface area contributed by atoms with E-state index < -0.39 is 7.32 Å². The molecule has 0 spiro atoms. The molecule has 2 N–H and O–H groups in total. The highest BCUT2D eigenvalue weighted by Crippen LogP contribution is 2.08. The molecule has 6 heteroatoms. The smallest absolute Gasteiger partial charge is 0.569 e. The van der Waals surface area contributed by atoms with Gasteiger partial charge in [-0.05, 0) is 5.51 Å². The Morgan fingerprint density at radius 3 is 3.00 bits per heavy atom. The van der Waals surface area contributed by atoms with Gasteiger partial charge in [0.2, 0.25) is 0 Å². The summed E-state index contributed by atoms with van der Waals surface area (Å²) in [5.41, 5.74) is 2.48. The molecule has 0 amide bonds. The summed E-state index contributed by atoms with van der Waals surface area (Å²) in [6.07, 6.45) is 0. The Labute approximate surface area is 55.9 Å². The number of thiazole rings is 1. The van der Waals surface area contributed by atoms with Gasteiger partial charge in [-0.15, -0.1) is 5.38 Å². The molecule has 0 radical (unpaired) electrons. The Kier molecular flexibility index (Phi) is 2.04. The van der Waals surface area contributed by atoms with Crippen LogP contribution in [0.15, 0.2) is 5.38 Å². The van der Waals surface area contributed by atoms with E-state index >= 15 is 0 Å². The highest BCUT2D eigenvalue weighted by Gasteiger charge is 2.06. The lowest BCUT2D eigenvalue weighted by molar-refractivity contribution is 0.284. The summed E-state index contributed by atoms with van der Waals surface area (Å²) in [5, 5.41) is 17.9. The SMILES string of the molecule is OB(O)Oc1cs[c-]n1. The molecule has 0 unspecified atom stereocenters. The Balaban J connectivity index is 2.48. The first-order valence-corrected chi connectivity index (χ1v) is 3.01. The van der Waals surface area contributed by atoms with Crippen LogP contribution < -0.4 is 4.65 Å². The number of hydrogen-bond acceptors (Lipinski definition) is 5. The molecule has 0 aliphatic carbocycles. The second kappa shape index (κ2) is 2.81. The predicted octanol–water partition coefficient (Wildman–Crippen LogP) is -0.708. The lowest BCUT2D eigenvalue weighted by Crippen LogP contribution is -2.20. The van der Waals surface area contributed by atoms with E-state index in [-0.39, 0.29) is 5.88 Å². The fraction of sp³-hybridized carbons (Fsp3) is 0. The third-order valence-electron chi connectivity index (χ3n) is 0.594. The van der Waals surface area contributed by atoms with E-state index in [9.17, 15) is 0 Å². The van der Waals surface area contributed by atoms with Crippen molar-refractivity contribution in [1.29, 1.82) is 0 Å². The third kappa shape index (κ3) is 2.00. The van der Waals surface area contributed by atoms with Gasteiger partial charge in [-0.25, -0.2) is 0 Å². The average molecular weight is 144 g/mol. The quantitative estimate of drug-likeness (QED) is 0.425. The maximum Gasteiger partial charge on any atom is 0.695 e. The van der Waals surface area contributed by atoms with Crippen LogP contribution in [0.3, 0.4) is 0 Å². The Hall–Kier alpha value is -0.585. The van der Waals surface area contributed by atoms with Crippen LogP contribution in [-0.2, 0) is 0 Å². The summed E-state index contributed by atoms with van der Waals surface area (Å²) in [7, 11) is -1.79. The molecule has 48 valence electrons. The van der Waals surface area contributed by atoms with Gasteiger partial charge in [-0.2, -0.15) is 0 Å². The van der Waals surface area contributed by atoms with Gasteiger partial charge in [0.1, 0.15) is 0 Å². The molecule has 0 aliphatic heterocycles. The molecular weight excluding hydrogens is 141 g/mol. The normalized spacial score (nSPS) is 9.11. The number of hydrogen-bond donors (Lipinski definition) is 2. The van der Waals surface area contributed by atoms with E-state index in [1.165, 1.54) is 16.7 Å². The van der Waals surface area contributed by atoms with Gasteiger partial charge in [-0.3, -0.25) is 11.3 Å². The van der Waals surface area contributed by atoms with Crippen molar-refractivity contribution in [3.8, 4) is 5.88 Å². The lowest BCUT2D eigenvalue weighted by Gasteiger charge is -2.04. The molecule has 0 saturated carbocycles. The topological polar surface area (TPSA) is 62.6 Å². The van der Waals surface area contributed by atoms with Crippen molar-refractivity contribution in [3.05, 3.63) is 10.9 Å². The molecule has 0 bridgehead atoms. The van der Waals surface area contributed by atoms with Gasteiger partial charge < -0.3 is 19.7 Å². The van der Waals surface area contributed by atoms with Crippen LogP contribution in [0, 0.1) is 5.51 Å². The molecule has 1 aromatic heterocycles. The zero-order chi connectivity index (χ0) is 6.69. The third-order valence-corrected chi connectivity index (χ3v) is 1.11. The van der Waals surface area contributed by atoms with Gasteiger partial charge in [-0.1, -0.05) is 0 Å². The van der Waals surface area contributed by atoms with Crippen molar-refractivity contribution in [2.24, 2.45) is 0 Å². The standard InChI is InChI=1S/C3H3BNO3S/c6-4(7)8-3-1-9-2-5-3/h1,6-7H/q-1. The van der Waals surface area contributed by atoms with Crippen LogP contribution in [-0.4, -0.2) is 22.4 Å². The van der Waals surface area contributed by atoms with Crippen molar-refractivity contribution < 1.29 is 14.7 Å². The van der Waals surface area contributed by atoms with Gasteiger partial charge in [0.25, 0.3) is 0 Å². The highest BCUT2D eigenvalue weighted by atomic mass is 32.1. The fourth-order valence-corrected chi connectivity index (χ4v) is 0.741. The van der Waals surface area contributed by atoms with Crippen LogP contribution in [0.25, 0.3) is 0 Å². The van der Waals surface area contributed by atoms with Crippen molar-refractivity contribution in [1.82, 2.24) is 4.98 Å². The van der Waals surface area contributed by atoms with Crippen LogP contribution in [0.5, 0.6) is 5.88 Å². The zero-order valence-corrected chi connectivity index (χ0v) is 5.13. The van der Waals surface area contributed by atoms with Crippen molar-refractivity contribution in [2.75, 3.05) is 0 Å². The minimum atomic E-state index is -1.79. The first-order valence-electron chi connectivity index (χ1n) is 2.13. The first-order chi connectivity index (χ1) is 4.29. The molecule has 0 atom stereocenters. The number of nitrogens with zero attached hydrogens (tertiary/aromatic N) is 1. The maximum absolute atomic E-state index is 8.21. The van der Waals surface area contributed by atoms with Crippen molar-refractivity contribution >= 4 is 18.7 Å². The first kappa shape index (κ1) is 6.53. The monoisotopic (exact) mass is 144 g/mol. The molecule has 1 aromatic rings. The molecular formula is C3H3BNO3S-. The van der Waals surface area contributed by atoms with Gasteiger partial charge in [0.05, 0.1) is 0 Å². The van der Waals surface area contributed by atoms with Crippen LogP contribution >= 0.6 is 11.3 Å².